The molecule has 21 heavy (non-hydrogen) atoms. The Morgan fingerprint density at radius 3 is 2.57 bits per heavy atom. The molecule has 0 amide bonds. The van der Waals surface area contributed by atoms with Gasteiger partial charge < -0.3 is 10.2 Å². The maximum absolute atomic E-state index is 11.3. The Bertz CT molecular complexity index is 683. The number of aliphatic hydroxyl groups excluding tert-OH is 1. The first-order valence-corrected chi connectivity index (χ1v) is 7.97. The summed E-state index contributed by atoms with van der Waals surface area (Å²) in [7, 11) is 0. The number of fused-ring (bicyclic) bond motifs is 1. The van der Waals surface area contributed by atoms with Gasteiger partial charge in [-0.1, -0.05) is 52.7 Å². The highest BCUT2D eigenvalue weighted by Crippen LogP contribution is 2.42. The highest BCUT2D eigenvalue weighted by Gasteiger charge is 2.38. The summed E-state index contributed by atoms with van der Waals surface area (Å²) in [6.07, 6.45) is 1.56. The highest BCUT2D eigenvalue weighted by molar-refractivity contribution is 9.10. The molecule has 1 aliphatic rings. The van der Waals surface area contributed by atoms with Crippen molar-refractivity contribution in [1.29, 1.82) is 0 Å². The minimum absolute atomic E-state index is 0.202. The Morgan fingerprint density at radius 1 is 1.14 bits per heavy atom. The zero-order chi connectivity index (χ0) is 15.0. The van der Waals surface area contributed by atoms with E-state index in [2.05, 4.69) is 15.9 Å². The zero-order valence-electron chi connectivity index (χ0n) is 11.5. The first-order valence-electron chi connectivity index (χ1n) is 7.17. The lowest BCUT2D eigenvalue weighted by molar-refractivity contribution is -0.144. The van der Waals surface area contributed by atoms with Crippen molar-refractivity contribution >= 4 is 32.7 Å². The number of rotatable bonds is 3. The third-order valence-electron chi connectivity index (χ3n) is 4.52. The quantitative estimate of drug-likeness (QED) is 0.876. The van der Waals surface area contributed by atoms with Crippen molar-refractivity contribution in [2.75, 3.05) is 0 Å². The van der Waals surface area contributed by atoms with Gasteiger partial charge in [0.05, 0.1) is 12.0 Å². The van der Waals surface area contributed by atoms with Gasteiger partial charge in [-0.3, -0.25) is 4.79 Å². The van der Waals surface area contributed by atoms with Crippen molar-refractivity contribution in [3.63, 3.8) is 0 Å². The molecule has 2 aromatic carbocycles. The molecule has 4 heteroatoms. The molecule has 0 saturated heterocycles. The van der Waals surface area contributed by atoms with Crippen LogP contribution in [-0.4, -0.2) is 16.2 Å². The topological polar surface area (TPSA) is 57.5 Å². The molecule has 1 saturated carbocycles. The number of aliphatic carboxylic acids is 1. The van der Waals surface area contributed by atoms with Crippen molar-refractivity contribution in [2.45, 2.75) is 25.4 Å². The lowest BCUT2D eigenvalue weighted by Gasteiger charge is -2.24. The first kappa shape index (κ1) is 14.5. The second-order valence-electron chi connectivity index (χ2n) is 5.67. The maximum Gasteiger partial charge on any atom is 0.306 e. The average Bonchev–Trinajstić information content (AvgIpc) is 2.97. The van der Waals surface area contributed by atoms with Gasteiger partial charge in [0.15, 0.2) is 0 Å². The van der Waals surface area contributed by atoms with Crippen LogP contribution in [0.1, 0.15) is 30.9 Å². The van der Waals surface area contributed by atoms with Crippen LogP contribution in [0.5, 0.6) is 0 Å². The van der Waals surface area contributed by atoms with Crippen molar-refractivity contribution in [2.24, 2.45) is 11.8 Å². The molecule has 3 nitrogen and oxygen atoms in total. The molecule has 1 aliphatic carbocycles. The second kappa shape index (κ2) is 5.78. The van der Waals surface area contributed by atoms with E-state index in [9.17, 15) is 15.0 Å². The van der Waals surface area contributed by atoms with Crippen molar-refractivity contribution in [3.05, 3.63) is 46.4 Å². The van der Waals surface area contributed by atoms with E-state index in [1.54, 1.807) is 0 Å². The standard InChI is InChI=1S/C17H17BrO3/c18-15-9-8-13(10-4-1-2-5-11(10)15)16(19)12-6-3-7-14(12)17(20)21/h1-2,4-5,8-9,12,14,16,19H,3,6-7H2,(H,20,21). The van der Waals surface area contributed by atoms with E-state index in [0.717, 1.165) is 33.7 Å². The summed E-state index contributed by atoms with van der Waals surface area (Å²) in [5, 5.41) is 22.1. The Hall–Kier alpha value is -1.39. The summed E-state index contributed by atoms with van der Waals surface area (Å²) in [5.41, 5.74) is 0.826. The van der Waals surface area contributed by atoms with E-state index in [0.29, 0.717) is 6.42 Å². The normalized spacial score (nSPS) is 23.3. The Balaban J connectivity index is 2.04. The number of carboxylic acids is 1. The number of aliphatic hydroxyl groups is 1. The van der Waals surface area contributed by atoms with Gasteiger partial charge in [-0.25, -0.2) is 0 Å². The number of carbonyl (C=O) groups is 1. The van der Waals surface area contributed by atoms with Gasteiger partial charge in [-0.15, -0.1) is 0 Å². The molecule has 2 N–H and O–H groups in total. The predicted molar refractivity (Wildman–Crippen MR) is 85.1 cm³/mol. The molecule has 3 unspecified atom stereocenters. The molecule has 0 radical (unpaired) electrons. The predicted octanol–water partition coefficient (Wildman–Crippen LogP) is 4.14. The number of hydrogen-bond donors (Lipinski definition) is 2. The van der Waals surface area contributed by atoms with Crippen LogP contribution in [0.3, 0.4) is 0 Å². The monoisotopic (exact) mass is 348 g/mol. The molecule has 0 spiro atoms. The molecule has 3 rings (SSSR count). The third kappa shape index (κ3) is 2.58. The van der Waals surface area contributed by atoms with Gasteiger partial charge in [0.1, 0.15) is 0 Å². The van der Waals surface area contributed by atoms with Crippen molar-refractivity contribution in [1.82, 2.24) is 0 Å². The smallest absolute Gasteiger partial charge is 0.306 e. The highest BCUT2D eigenvalue weighted by atomic mass is 79.9. The SMILES string of the molecule is O=C(O)C1CCCC1C(O)c1ccc(Br)c2ccccc12. The Labute approximate surface area is 131 Å². The van der Waals surface area contributed by atoms with Crippen molar-refractivity contribution in [3.8, 4) is 0 Å². The van der Waals surface area contributed by atoms with E-state index < -0.39 is 18.0 Å². The molecule has 110 valence electrons. The molecule has 0 aromatic heterocycles. The summed E-state index contributed by atoms with van der Waals surface area (Å²) in [4.78, 5) is 11.3. The van der Waals surface area contributed by atoms with Crippen LogP contribution >= 0.6 is 15.9 Å². The summed E-state index contributed by atoms with van der Waals surface area (Å²) in [6.45, 7) is 0. The molecule has 3 atom stereocenters. The summed E-state index contributed by atoms with van der Waals surface area (Å²) in [5.74, 6) is -1.44. The summed E-state index contributed by atoms with van der Waals surface area (Å²) in [6, 6.07) is 11.7. The van der Waals surface area contributed by atoms with Crippen LogP contribution in [0.2, 0.25) is 0 Å². The Kier molecular flexibility index (Phi) is 4.00. The molecule has 1 fully saturated rings. The fraction of sp³-hybridized carbons (Fsp3) is 0.353. The van der Waals surface area contributed by atoms with Crippen LogP contribution in [0.4, 0.5) is 0 Å². The third-order valence-corrected chi connectivity index (χ3v) is 5.21. The minimum Gasteiger partial charge on any atom is -0.481 e. The van der Waals surface area contributed by atoms with E-state index in [1.165, 1.54) is 0 Å². The lowest BCUT2D eigenvalue weighted by Crippen LogP contribution is -2.24. The molecule has 0 heterocycles. The minimum atomic E-state index is -0.794. The molecule has 0 aliphatic heterocycles. The molecular formula is C17H17BrO3. The van der Waals surface area contributed by atoms with Gasteiger partial charge >= 0.3 is 5.97 Å². The van der Waals surface area contributed by atoms with Gasteiger partial charge in [0.2, 0.25) is 0 Å². The van der Waals surface area contributed by atoms with Crippen LogP contribution in [0, 0.1) is 11.8 Å². The molecule has 2 aromatic rings. The zero-order valence-corrected chi connectivity index (χ0v) is 13.1. The summed E-state index contributed by atoms with van der Waals surface area (Å²) < 4.78 is 0.982. The van der Waals surface area contributed by atoms with E-state index in [4.69, 9.17) is 0 Å². The van der Waals surface area contributed by atoms with Gasteiger partial charge in [-0.2, -0.15) is 0 Å². The fourth-order valence-corrected chi connectivity index (χ4v) is 3.93. The molecule has 0 bridgehead atoms. The Morgan fingerprint density at radius 2 is 1.86 bits per heavy atom. The van der Waals surface area contributed by atoms with Gasteiger partial charge in [0.25, 0.3) is 0 Å². The average molecular weight is 349 g/mol. The number of benzene rings is 2. The van der Waals surface area contributed by atoms with Gasteiger partial charge in [-0.05, 0) is 35.2 Å². The number of carboxylic acid groups (broad SMARTS) is 1. The van der Waals surface area contributed by atoms with E-state index >= 15 is 0 Å². The van der Waals surface area contributed by atoms with E-state index in [-0.39, 0.29) is 5.92 Å². The van der Waals surface area contributed by atoms with Crippen molar-refractivity contribution < 1.29 is 15.0 Å². The number of halogens is 1. The lowest BCUT2D eigenvalue weighted by atomic mass is 9.85. The first-order chi connectivity index (χ1) is 10.1. The van der Waals surface area contributed by atoms with Crippen LogP contribution in [-0.2, 0) is 4.79 Å². The largest absolute Gasteiger partial charge is 0.481 e. The van der Waals surface area contributed by atoms with Gasteiger partial charge in [0, 0.05) is 10.4 Å². The second-order valence-corrected chi connectivity index (χ2v) is 6.52. The fourth-order valence-electron chi connectivity index (χ4n) is 3.45. The van der Waals surface area contributed by atoms with E-state index in [1.807, 2.05) is 36.4 Å². The van der Waals surface area contributed by atoms with Crippen LogP contribution < -0.4 is 0 Å². The number of hydrogen-bond acceptors (Lipinski definition) is 2. The van der Waals surface area contributed by atoms with Crippen LogP contribution in [0.15, 0.2) is 40.9 Å². The summed E-state index contributed by atoms with van der Waals surface area (Å²) >= 11 is 3.52. The maximum atomic E-state index is 11.3. The van der Waals surface area contributed by atoms with Crippen LogP contribution in [0.25, 0.3) is 10.8 Å². The molecular weight excluding hydrogens is 332 g/mol.